The molecule has 0 spiro atoms. The fourth-order valence-corrected chi connectivity index (χ4v) is 2.59. The van der Waals surface area contributed by atoms with Crippen molar-refractivity contribution in [3.05, 3.63) is 102 Å². The highest BCUT2D eigenvalue weighted by atomic mass is 16.3. The number of carbonyl (C=O) groups excluding carboxylic acids is 1. The quantitative estimate of drug-likeness (QED) is 0.392. The number of anilines is 1. The Kier molecular flexibility index (Phi) is 4.95. The van der Waals surface area contributed by atoms with Crippen LogP contribution in [-0.2, 0) is 0 Å². The molecule has 0 heterocycles. The van der Waals surface area contributed by atoms with Crippen molar-refractivity contribution >= 4 is 17.2 Å². The van der Waals surface area contributed by atoms with E-state index in [1.54, 1.807) is 24.3 Å². The zero-order chi connectivity index (χ0) is 17.6. The summed E-state index contributed by atoms with van der Waals surface area (Å²) in [4.78, 5) is 12.7. The third-order valence-corrected chi connectivity index (χ3v) is 3.94. The molecule has 0 aromatic heterocycles. The predicted octanol–water partition coefficient (Wildman–Crippen LogP) is 5.04. The van der Waals surface area contributed by atoms with E-state index < -0.39 is 0 Å². The smallest absolute Gasteiger partial charge is 0.188 e. The summed E-state index contributed by atoms with van der Waals surface area (Å²) in [6, 6.07) is 24.0. The number of rotatable bonds is 5. The molecule has 3 nitrogen and oxygen atoms in total. The van der Waals surface area contributed by atoms with Crippen LogP contribution < -0.4 is 5.32 Å². The van der Waals surface area contributed by atoms with Crippen LogP contribution in [0.1, 0.15) is 21.5 Å². The first kappa shape index (κ1) is 16.5. The van der Waals surface area contributed by atoms with Gasteiger partial charge in [-0.15, -0.1) is 0 Å². The fourth-order valence-electron chi connectivity index (χ4n) is 2.59. The van der Waals surface area contributed by atoms with Gasteiger partial charge in [0, 0.05) is 17.3 Å². The molecule has 0 fully saturated rings. The van der Waals surface area contributed by atoms with Gasteiger partial charge in [-0.05, 0) is 30.2 Å². The van der Waals surface area contributed by atoms with Crippen molar-refractivity contribution < 1.29 is 9.90 Å². The fraction of sp³-hybridized carbons (Fsp3) is 0.0455. The van der Waals surface area contributed by atoms with Crippen LogP contribution in [0.15, 0.2) is 84.9 Å². The number of benzene rings is 3. The number of phenols is 1. The topological polar surface area (TPSA) is 49.3 Å². The SMILES string of the molecule is Cc1ccccc1C(=O)/C=C(\Nc1ccccc1O)c1ccccc1. The number of ketones is 1. The van der Waals surface area contributed by atoms with Gasteiger partial charge in [0.25, 0.3) is 0 Å². The molecule has 0 unspecified atom stereocenters. The molecule has 3 aromatic rings. The first-order valence-electron chi connectivity index (χ1n) is 8.07. The summed E-state index contributed by atoms with van der Waals surface area (Å²) in [5, 5.41) is 13.2. The number of aromatic hydroxyl groups is 1. The molecular weight excluding hydrogens is 310 g/mol. The van der Waals surface area contributed by atoms with Crippen LogP contribution in [-0.4, -0.2) is 10.9 Å². The van der Waals surface area contributed by atoms with Gasteiger partial charge >= 0.3 is 0 Å². The number of hydrogen-bond acceptors (Lipinski definition) is 3. The lowest BCUT2D eigenvalue weighted by Gasteiger charge is -2.13. The molecular formula is C22H19NO2. The monoisotopic (exact) mass is 329 g/mol. The Morgan fingerprint density at radius 2 is 1.52 bits per heavy atom. The molecule has 0 aliphatic rings. The molecule has 0 atom stereocenters. The number of carbonyl (C=O) groups is 1. The molecule has 0 saturated carbocycles. The number of aryl methyl sites for hydroxylation is 1. The zero-order valence-electron chi connectivity index (χ0n) is 13.9. The first-order valence-corrected chi connectivity index (χ1v) is 8.07. The van der Waals surface area contributed by atoms with Crippen molar-refractivity contribution in [3.63, 3.8) is 0 Å². The maximum Gasteiger partial charge on any atom is 0.188 e. The van der Waals surface area contributed by atoms with E-state index in [9.17, 15) is 9.90 Å². The van der Waals surface area contributed by atoms with E-state index in [0.717, 1.165) is 11.1 Å². The van der Waals surface area contributed by atoms with Crippen molar-refractivity contribution in [2.24, 2.45) is 0 Å². The molecule has 0 aliphatic heterocycles. The minimum Gasteiger partial charge on any atom is -0.506 e. The van der Waals surface area contributed by atoms with Crippen molar-refractivity contribution in [1.82, 2.24) is 0 Å². The van der Waals surface area contributed by atoms with Crippen LogP contribution in [0.2, 0.25) is 0 Å². The molecule has 25 heavy (non-hydrogen) atoms. The van der Waals surface area contributed by atoms with Gasteiger partial charge in [0.1, 0.15) is 5.75 Å². The highest BCUT2D eigenvalue weighted by Gasteiger charge is 2.10. The minimum absolute atomic E-state index is 0.0835. The van der Waals surface area contributed by atoms with E-state index in [4.69, 9.17) is 0 Å². The molecule has 0 amide bonds. The summed E-state index contributed by atoms with van der Waals surface area (Å²) < 4.78 is 0. The Labute approximate surface area is 147 Å². The lowest BCUT2D eigenvalue weighted by molar-refractivity contribution is 0.104. The number of nitrogens with one attached hydrogen (secondary N) is 1. The van der Waals surface area contributed by atoms with Crippen LogP contribution >= 0.6 is 0 Å². The zero-order valence-corrected chi connectivity index (χ0v) is 13.9. The van der Waals surface area contributed by atoms with Gasteiger partial charge in [-0.3, -0.25) is 4.79 Å². The predicted molar refractivity (Wildman–Crippen MR) is 102 cm³/mol. The molecule has 2 N–H and O–H groups in total. The summed E-state index contributed by atoms with van der Waals surface area (Å²) in [6.45, 7) is 1.92. The molecule has 0 bridgehead atoms. The maximum absolute atomic E-state index is 12.7. The van der Waals surface area contributed by atoms with E-state index in [-0.39, 0.29) is 11.5 Å². The average molecular weight is 329 g/mol. The lowest BCUT2D eigenvalue weighted by Crippen LogP contribution is -2.05. The van der Waals surface area contributed by atoms with Crippen molar-refractivity contribution in [2.45, 2.75) is 6.92 Å². The second-order valence-electron chi connectivity index (χ2n) is 5.75. The number of para-hydroxylation sites is 2. The third kappa shape index (κ3) is 3.96. The first-order chi connectivity index (χ1) is 12.1. The lowest BCUT2D eigenvalue weighted by atomic mass is 10.0. The van der Waals surface area contributed by atoms with E-state index in [0.29, 0.717) is 16.9 Å². The van der Waals surface area contributed by atoms with Gasteiger partial charge in [0.05, 0.1) is 5.69 Å². The van der Waals surface area contributed by atoms with Crippen molar-refractivity contribution in [3.8, 4) is 5.75 Å². The molecule has 0 radical (unpaired) electrons. The van der Waals surface area contributed by atoms with E-state index >= 15 is 0 Å². The van der Waals surface area contributed by atoms with Crippen LogP contribution in [0.3, 0.4) is 0 Å². The molecule has 124 valence electrons. The molecule has 3 aromatic carbocycles. The van der Waals surface area contributed by atoms with Gasteiger partial charge < -0.3 is 10.4 Å². The largest absolute Gasteiger partial charge is 0.506 e. The van der Waals surface area contributed by atoms with Crippen LogP contribution in [0.25, 0.3) is 5.70 Å². The Hall–Kier alpha value is -3.33. The number of allylic oxidation sites excluding steroid dienone is 1. The Morgan fingerprint density at radius 3 is 2.24 bits per heavy atom. The van der Waals surface area contributed by atoms with Gasteiger partial charge in [0.15, 0.2) is 5.78 Å². The van der Waals surface area contributed by atoms with E-state index in [1.807, 2.05) is 67.6 Å². The van der Waals surface area contributed by atoms with Crippen LogP contribution in [0.4, 0.5) is 5.69 Å². The van der Waals surface area contributed by atoms with Gasteiger partial charge in [-0.1, -0.05) is 66.7 Å². The standard InChI is InChI=1S/C22H19NO2/c1-16-9-5-6-12-18(16)22(25)15-20(17-10-3-2-4-11-17)23-19-13-7-8-14-21(19)24/h2-15,23-24H,1H3/b20-15-. The van der Waals surface area contributed by atoms with Crippen LogP contribution in [0.5, 0.6) is 5.75 Å². The molecule has 0 saturated heterocycles. The Bertz CT molecular complexity index is 914. The van der Waals surface area contributed by atoms with Gasteiger partial charge in [0.2, 0.25) is 0 Å². The number of phenolic OH excluding ortho intramolecular Hbond substituents is 1. The van der Waals surface area contributed by atoms with E-state index in [1.165, 1.54) is 0 Å². The van der Waals surface area contributed by atoms with Crippen LogP contribution in [0, 0.1) is 6.92 Å². The second kappa shape index (κ2) is 7.49. The Morgan fingerprint density at radius 1 is 0.880 bits per heavy atom. The highest BCUT2D eigenvalue weighted by Crippen LogP contribution is 2.27. The number of hydrogen-bond donors (Lipinski definition) is 2. The Balaban J connectivity index is 2.01. The van der Waals surface area contributed by atoms with Gasteiger partial charge in [-0.25, -0.2) is 0 Å². The summed E-state index contributed by atoms with van der Waals surface area (Å²) in [7, 11) is 0. The molecule has 3 heteroatoms. The van der Waals surface area contributed by atoms with E-state index in [2.05, 4.69) is 5.32 Å². The molecule has 0 aliphatic carbocycles. The summed E-state index contributed by atoms with van der Waals surface area (Å²) in [5.41, 5.74) is 3.65. The second-order valence-corrected chi connectivity index (χ2v) is 5.75. The third-order valence-electron chi connectivity index (χ3n) is 3.94. The average Bonchev–Trinajstić information content (AvgIpc) is 2.64. The summed E-state index contributed by atoms with van der Waals surface area (Å²) in [5.74, 6) is 0.0487. The summed E-state index contributed by atoms with van der Waals surface area (Å²) in [6.07, 6.45) is 1.57. The normalized spacial score (nSPS) is 11.2. The highest BCUT2D eigenvalue weighted by molar-refractivity contribution is 6.10. The maximum atomic E-state index is 12.7. The van der Waals surface area contributed by atoms with Crippen molar-refractivity contribution in [1.29, 1.82) is 0 Å². The minimum atomic E-state index is -0.0835. The summed E-state index contributed by atoms with van der Waals surface area (Å²) >= 11 is 0. The van der Waals surface area contributed by atoms with Crippen molar-refractivity contribution in [2.75, 3.05) is 5.32 Å². The van der Waals surface area contributed by atoms with Gasteiger partial charge in [-0.2, -0.15) is 0 Å². The molecule has 3 rings (SSSR count).